The third-order valence-electron chi connectivity index (χ3n) is 1.34. The molecule has 5 nitrogen and oxygen atoms in total. The number of hydrogen-bond donors (Lipinski definition) is 2. The maximum absolute atomic E-state index is 11.3. The molecule has 0 aromatic carbocycles. The molecular weight excluding hydrogens is 206 g/mol. The zero-order valence-electron chi connectivity index (χ0n) is 7.37. The monoisotopic (exact) mass is 213 g/mol. The molecular formula is C8H8ClN3O2. The van der Waals surface area contributed by atoms with Crippen LogP contribution >= 0.6 is 11.6 Å². The van der Waals surface area contributed by atoms with Crippen LogP contribution < -0.4 is 10.9 Å². The molecule has 74 valence electrons. The summed E-state index contributed by atoms with van der Waals surface area (Å²) in [6.45, 7) is 1.29. The van der Waals surface area contributed by atoms with Crippen molar-refractivity contribution in [2.45, 2.75) is 6.92 Å². The average Bonchev–Trinajstić information content (AvgIpc) is 2.15. The first-order valence-corrected chi connectivity index (χ1v) is 4.16. The Labute approximate surface area is 85.4 Å². The van der Waals surface area contributed by atoms with Crippen molar-refractivity contribution >= 4 is 23.4 Å². The van der Waals surface area contributed by atoms with Gasteiger partial charge in [0.05, 0.1) is 5.56 Å². The van der Waals surface area contributed by atoms with Crippen LogP contribution in [0.2, 0.25) is 5.15 Å². The van der Waals surface area contributed by atoms with E-state index in [-0.39, 0.29) is 5.91 Å². The van der Waals surface area contributed by atoms with E-state index in [0.717, 1.165) is 0 Å². The van der Waals surface area contributed by atoms with Gasteiger partial charge in [0.1, 0.15) is 5.15 Å². The molecule has 1 heterocycles. The van der Waals surface area contributed by atoms with Crippen molar-refractivity contribution in [3.8, 4) is 0 Å². The summed E-state index contributed by atoms with van der Waals surface area (Å²) in [5.41, 5.74) is 4.68. The molecule has 0 saturated heterocycles. The highest BCUT2D eigenvalue weighted by molar-refractivity contribution is 6.29. The van der Waals surface area contributed by atoms with Gasteiger partial charge in [-0.3, -0.25) is 20.4 Å². The zero-order valence-corrected chi connectivity index (χ0v) is 8.13. The molecule has 2 amide bonds. The highest BCUT2D eigenvalue weighted by atomic mass is 35.5. The van der Waals surface area contributed by atoms with E-state index in [1.807, 2.05) is 0 Å². The Balaban J connectivity index is 2.61. The van der Waals surface area contributed by atoms with Gasteiger partial charge in [0.2, 0.25) is 5.91 Å². The minimum atomic E-state index is -0.440. The minimum Gasteiger partial charge on any atom is -0.274 e. The number of rotatable bonds is 1. The van der Waals surface area contributed by atoms with Gasteiger partial charge in [-0.25, -0.2) is 4.98 Å². The van der Waals surface area contributed by atoms with E-state index in [4.69, 9.17) is 11.6 Å². The van der Waals surface area contributed by atoms with Gasteiger partial charge < -0.3 is 0 Å². The van der Waals surface area contributed by atoms with Crippen molar-refractivity contribution in [3.05, 3.63) is 29.0 Å². The van der Waals surface area contributed by atoms with Crippen LogP contribution in [-0.4, -0.2) is 16.8 Å². The third-order valence-corrected chi connectivity index (χ3v) is 1.57. The molecule has 0 unspecified atom stereocenters. The molecule has 0 aliphatic rings. The van der Waals surface area contributed by atoms with Gasteiger partial charge in [0, 0.05) is 13.1 Å². The summed E-state index contributed by atoms with van der Waals surface area (Å²) in [4.78, 5) is 25.4. The summed E-state index contributed by atoms with van der Waals surface area (Å²) in [7, 11) is 0. The summed E-state index contributed by atoms with van der Waals surface area (Å²) in [6.07, 6.45) is 1.32. The van der Waals surface area contributed by atoms with Gasteiger partial charge in [-0.1, -0.05) is 11.6 Å². The number of carbonyl (C=O) groups excluding carboxylic acids is 2. The fourth-order valence-corrected chi connectivity index (χ4v) is 0.839. The first-order chi connectivity index (χ1) is 6.59. The lowest BCUT2D eigenvalue weighted by Crippen LogP contribution is -2.40. The first kappa shape index (κ1) is 10.5. The third kappa shape index (κ3) is 3.02. The number of nitrogens with one attached hydrogen (secondary N) is 2. The summed E-state index contributed by atoms with van der Waals surface area (Å²) >= 11 is 5.53. The lowest BCUT2D eigenvalue weighted by molar-refractivity contribution is -0.119. The number of hydrogen-bond acceptors (Lipinski definition) is 3. The number of halogens is 1. The second kappa shape index (κ2) is 4.57. The van der Waals surface area contributed by atoms with Gasteiger partial charge in [-0.05, 0) is 12.1 Å². The molecule has 0 aliphatic carbocycles. The maximum atomic E-state index is 11.3. The molecule has 0 atom stereocenters. The minimum absolute atomic E-state index is 0.307. The number of aromatic nitrogens is 1. The van der Waals surface area contributed by atoms with Crippen molar-refractivity contribution in [2.24, 2.45) is 0 Å². The topological polar surface area (TPSA) is 71.1 Å². The molecule has 1 rings (SSSR count). The molecule has 0 aliphatic heterocycles. The van der Waals surface area contributed by atoms with Crippen LogP contribution in [0.1, 0.15) is 17.3 Å². The van der Waals surface area contributed by atoms with Crippen LogP contribution in [0, 0.1) is 0 Å². The standard InChI is InChI=1S/C8H8ClN3O2/c1-5(13)11-12-8(14)6-2-3-7(9)10-4-6/h2-4H,1H3,(H,11,13)(H,12,14). The van der Waals surface area contributed by atoms with Crippen molar-refractivity contribution in [2.75, 3.05) is 0 Å². The summed E-state index contributed by atoms with van der Waals surface area (Å²) in [5.74, 6) is -0.787. The Morgan fingerprint density at radius 3 is 2.57 bits per heavy atom. The molecule has 1 aromatic heterocycles. The number of nitrogens with zero attached hydrogens (tertiary/aromatic N) is 1. The lowest BCUT2D eigenvalue weighted by Gasteiger charge is -2.03. The average molecular weight is 214 g/mol. The van der Waals surface area contributed by atoms with Crippen LogP contribution in [-0.2, 0) is 4.79 Å². The number of amides is 2. The van der Waals surface area contributed by atoms with Crippen LogP contribution in [0.4, 0.5) is 0 Å². The van der Waals surface area contributed by atoms with Gasteiger partial charge in [-0.15, -0.1) is 0 Å². The molecule has 0 fully saturated rings. The summed E-state index contributed by atoms with van der Waals surface area (Å²) in [6, 6.07) is 3.00. The SMILES string of the molecule is CC(=O)NNC(=O)c1ccc(Cl)nc1. The summed E-state index contributed by atoms with van der Waals surface area (Å²) in [5, 5.41) is 0.307. The molecule has 1 aromatic rings. The van der Waals surface area contributed by atoms with Crippen LogP contribution in [0.25, 0.3) is 0 Å². The van der Waals surface area contributed by atoms with Crippen molar-refractivity contribution < 1.29 is 9.59 Å². The lowest BCUT2D eigenvalue weighted by atomic mass is 10.3. The number of carbonyl (C=O) groups is 2. The quantitative estimate of drug-likeness (QED) is 0.528. The molecule has 14 heavy (non-hydrogen) atoms. The summed E-state index contributed by atoms with van der Waals surface area (Å²) < 4.78 is 0. The van der Waals surface area contributed by atoms with Gasteiger partial charge in [0.15, 0.2) is 0 Å². The molecule has 2 N–H and O–H groups in total. The predicted molar refractivity (Wildman–Crippen MR) is 50.5 cm³/mol. The van der Waals surface area contributed by atoms with Crippen LogP contribution in [0.15, 0.2) is 18.3 Å². The van der Waals surface area contributed by atoms with E-state index in [1.165, 1.54) is 25.3 Å². The Bertz CT molecular complexity index is 350. The zero-order chi connectivity index (χ0) is 10.6. The molecule has 0 radical (unpaired) electrons. The van der Waals surface area contributed by atoms with E-state index in [9.17, 15) is 9.59 Å². The van der Waals surface area contributed by atoms with E-state index in [0.29, 0.717) is 10.7 Å². The number of pyridine rings is 1. The Morgan fingerprint density at radius 2 is 2.07 bits per heavy atom. The second-order valence-corrected chi connectivity index (χ2v) is 2.89. The van der Waals surface area contributed by atoms with E-state index >= 15 is 0 Å². The highest BCUT2D eigenvalue weighted by Gasteiger charge is 2.05. The first-order valence-electron chi connectivity index (χ1n) is 3.78. The van der Waals surface area contributed by atoms with Crippen LogP contribution in [0.5, 0.6) is 0 Å². The van der Waals surface area contributed by atoms with E-state index < -0.39 is 5.91 Å². The Morgan fingerprint density at radius 1 is 1.36 bits per heavy atom. The molecule has 0 bridgehead atoms. The highest BCUT2D eigenvalue weighted by Crippen LogP contribution is 2.04. The van der Waals surface area contributed by atoms with Gasteiger partial charge in [0.25, 0.3) is 5.91 Å². The largest absolute Gasteiger partial charge is 0.274 e. The van der Waals surface area contributed by atoms with E-state index in [1.54, 1.807) is 0 Å². The van der Waals surface area contributed by atoms with Crippen LogP contribution in [0.3, 0.4) is 0 Å². The Hall–Kier alpha value is -1.62. The van der Waals surface area contributed by atoms with Crippen molar-refractivity contribution in [1.29, 1.82) is 0 Å². The number of hydrazine groups is 1. The fraction of sp³-hybridized carbons (Fsp3) is 0.125. The molecule has 0 saturated carbocycles. The van der Waals surface area contributed by atoms with Crippen molar-refractivity contribution in [1.82, 2.24) is 15.8 Å². The smallest absolute Gasteiger partial charge is 0.271 e. The van der Waals surface area contributed by atoms with Gasteiger partial charge >= 0.3 is 0 Å². The predicted octanol–water partition coefficient (Wildman–Crippen LogP) is 0.516. The van der Waals surface area contributed by atoms with Crippen molar-refractivity contribution in [3.63, 3.8) is 0 Å². The maximum Gasteiger partial charge on any atom is 0.271 e. The second-order valence-electron chi connectivity index (χ2n) is 2.50. The molecule has 0 spiro atoms. The van der Waals surface area contributed by atoms with Gasteiger partial charge in [-0.2, -0.15) is 0 Å². The Kier molecular flexibility index (Phi) is 3.41. The normalized spacial score (nSPS) is 9.29. The molecule has 6 heteroatoms. The van der Waals surface area contributed by atoms with E-state index in [2.05, 4.69) is 15.8 Å². The fourth-order valence-electron chi connectivity index (χ4n) is 0.727.